The van der Waals surface area contributed by atoms with Crippen molar-refractivity contribution in [3.8, 4) is 5.75 Å². The van der Waals surface area contributed by atoms with Gasteiger partial charge in [-0.05, 0) is 55.7 Å². The molecule has 2 fully saturated rings. The van der Waals surface area contributed by atoms with Gasteiger partial charge >= 0.3 is 0 Å². The van der Waals surface area contributed by atoms with Gasteiger partial charge in [0.15, 0.2) is 0 Å². The highest BCUT2D eigenvalue weighted by Crippen LogP contribution is 2.22. The monoisotopic (exact) mass is 366 g/mol. The topological polar surface area (TPSA) is 59.9 Å². The van der Waals surface area contributed by atoms with Crippen LogP contribution in [-0.2, 0) is 0 Å². The van der Waals surface area contributed by atoms with Gasteiger partial charge in [-0.3, -0.25) is 4.79 Å². The molecule has 1 N–H and O–H groups in total. The van der Waals surface area contributed by atoms with Crippen LogP contribution in [0.3, 0.4) is 0 Å². The molecule has 2 aliphatic heterocycles. The molecule has 2 aliphatic rings. The van der Waals surface area contributed by atoms with E-state index in [-0.39, 0.29) is 11.7 Å². The highest BCUT2D eigenvalue weighted by Gasteiger charge is 2.23. The smallest absolute Gasteiger partial charge is 0.254 e. The van der Waals surface area contributed by atoms with E-state index < -0.39 is 0 Å². The number of hydrogen-bond donors (Lipinski definition) is 1. The van der Waals surface area contributed by atoms with Gasteiger partial charge in [-0.25, -0.2) is 4.98 Å². The van der Waals surface area contributed by atoms with E-state index in [0.717, 1.165) is 43.2 Å². The Bertz CT molecular complexity index is 779. The first-order chi connectivity index (χ1) is 13.2. The summed E-state index contributed by atoms with van der Waals surface area (Å²) in [6.45, 7) is 5.02. The van der Waals surface area contributed by atoms with Crippen molar-refractivity contribution in [2.24, 2.45) is 0 Å². The largest absolute Gasteiger partial charge is 0.508 e. The van der Waals surface area contributed by atoms with Crippen molar-refractivity contribution in [2.45, 2.75) is 19.3 Å². The standard InChI is InChI=1S/C21H26N4O2/c26-19-6-4-18(5-7-19)23-12-14-25(15-13-23)21(27)17-8-9-22-20(16-17)24-10-2-1-3-11-24/h4-9,16,26H,1-3,10-15H2. The number of nitrogens with zero attached hydrogens (tertiary/aromatic N) is 4. The molecule has 27 heavy (non-hydrogen) atoms. The van der Waals surface area contributed by atoms with Crippen LogP contribution >= 0.6 is 0 Å². The van der Waals surface area contributed by atoms with Crippen molar-refractivity contribution < 1.29 is 9.90 Å². The van der Waals surface area contributed by atoms with Crippen LogP contribution in [-0.4, -0.2) is 60.2 Å². The zero-order valence-corrected chi connectivity index (χ0v) is 15.5. The zero-order valence-electron chi connectivity index (χ0n) is 15.5. The minimum absolute atomic E-state index is 0.0843. The maximum absolute atomic E-state index is 13.0. The van der Waals surface area contributed by atoms with Crippen molar-refractivity contribution in [1.82, 2.24) is 9.88 Å². The number of carbonyl (C=O) groups is 1. The average Bonchev–Trinajstić information content (AvgIpc) is 2.75. The molecular formula is C21H26N4O2. The first-order valence-corrected chi connectivity index (χ1v) is 9.75. The van der Waals surface area contributed by atoms with E-state index in [1.165, 1.54) is 19.3 Å². The van der Waals surface area contributed by atoms with Crippen LogP contribution in [0.4, 0.5) is 11.5 Å². The van der Waals surface area contributed by atoms with Gasteiger partial charge < -0.3 is 19.8 Å². The second kappa shape index (κ2) is 7.86. The summed E-state index contributed by atoms with van der Waals surface area (Å²) in [5, 5.41) is 9.43. The third-order valence-electron chi connectivity index (χ3n) is 5.45. The Labute approximate surface area is 160 Å². The molecule has 0 unspecified atom stereocenters. The normalized spacial score (nSPS) is 17.9. The van der Waals surface area contributed by atoms with Crippen LogP contribution in [0, 0.1) is 0 Å². The van der Waals surface area contributed by atoms with Gasteiger partial charge in [0, 0.05) is 56.7 Å². The Hall–Kier alpha value is -2.76. The average molecular weight is 366 g/mol. The zero-order chi connectivity index (χ0) is 18.6. The minimum Gasteiger partial charge on any atom is -0.508 e. The quantitative estimate of drug-likeness (QED) is 0.905. The Morgan fingerprint density at radius 3 is 2.26 bits per heavy atom. The fourth-order valence-corrected chi connectivity index (χ4v) is 3.86. The van der Waals surface area contributed by atoms with Crippen molar-refractivity contribution in [3.05, 3.63) is 48.2 Å². The fourth-order valence-electron chi connectivity index (χ4n) is 3.86. The van der Waals surface area contributed by atoms with Crippen LogP contribution in [0.15, 0.2) is 42.6 Å². The molecule has 0 spiro atoms. The van der Waals surface area contributed by atoms with Gasteiger partial charge in [-0.2, -0.15) is 0 Å². The Morgan fingerprint density at radius 1 is 0.852 bits per heavy atom. The number of phenols is 1. The summed E-state index contributed by atoms with van der Waals surface area (Å²) in [4.78, 5) is 23.9. The molecule has 2 saturated heterocycles. The Kier molecular flexibility index (Phi) is 5.14. The number of aromatic hydroxyl groups is 1. The molecule has 6 heteroatoms. The molecule has 3 heterocycles. The lowest BCUT2D eigenvalue weighted by molar-refractivity contribution is 0.0746. The summed E-state index contributed by atoms with van der Waals surface area (Å²) in [5.74, 6) is 1.28. The van der Waals surface area contributed by atoms with Crippen molar-refractivity contribution in [1.29, 1.82) is 0 Å². The number of piperazine rings is 1. The lowest BCUT2D eigenvalue weighted by atomic mass is 10.1. The third kappa shape index (κ3) is 3.99. The maximum atomic E-state index is 13.0. The Morgan fingerprint density at radius 2 is 1.56 bits per heavy atom. The molecule has 0 aliphatic carbocycles. The van der Waals surface area contributed by atoms with Crippen LogP contribution in [0.5, 0.6) is 5.75 Å². The molecule has 2 aromatic rings. The van der Waals surface area contributed by atoms with E-state index in [1.54, 1.807) is 18.3 Å². The molecular weight excluding hydrogens is 340 g/mol. The third-order valence-corrected chi connectivity index (χ3v) is 5.45. The number of benzene rings is 1. The SMILES string of the molecule is O=C(c1ccnc(N2CCCCC2)c1)N1CCN(c2ccc(O)cc2)CC1. The van der Waals surface area contributed by atoms with E-state index in [2.05, 4.69) is 14.8 Å². The summed E-state index contributed by atoms with van der Waals surface area (Å²) in [6.07, 6.45) is 5.42. The first kappa shape index (κ1) is 17.6. The predicted octanol–water partition coefficient (Wildman–Crippen LogP) is 2.74. The fraction of sp³-hybridized carbons (Fsp3) is 0.429. The van der Waals surface area contributed by atoms with Gasteiger partial charge in [0.2, 0.25) is 0 Å². The number of carbonyl (C=O) groups excluding carboxylic acids is 1. The first-order valence-electron chi connectivity index (χ1n) is 9.75. The van der Waals surface area contributed by atoms with Gasteiger partial charge in [0.1, 0.15) is 11.6 Å². The molecule has 0 atom stereocenters. The highest BCUT2D eigenvalue weighted by molar-refractivity contribution is 5.95. The molecule has 0 saturated carbocycles. The number of phenolic OH excluding ortho intramolecular Hbond substituents is 1. The molecule has 4 rings (SSSR count). The lowest BCUT2D eigenvalue weighted by Crippen LogP contribution is -2.48. The van der Waals surface area contributed by atoms with Crippen molar-refractivity contribution in [3.63, 3.8) is 0 Å². The maximum Gasteiger partial charge on any atom is 0.254 e. The number of rotatable bonds is 3. The number of piperidine rings is 1. The second-order valence-electron chi connectivity index (χ2n) is 7.25. The molecule has 6 nitrogen and oxygen atoms in total. The van der Waals surface area contributed by atoms with E-state index in [0.29, 0.717) is 13.1 Å². The number of pyridine rings is 1. The number of amides is 1. The summed E-state index contributed by atoms with van der Waals surface area (Å²) in [7, 11) is 0. The molecule has 0 bridgehead atoms. The van der Waals surface area contributed by atoms with E-state index in [4.69, 9.17) is 0 Å². The lowest BCUT2D eigenvalue weighted by Gasteiger charge is -2.36. The number of aromatic nitrogens is 1. The molecule has 1 aromatic carbocycles. The highest BCUT2D eigenvalue weighted by atomic mass is 16.3. The van der Waals surface area contributed by atoms with Crippen molar-refractivity contribution >= 4 is 17.4 Å². The summed E-state index contributed by atoms with van der Waals surface area (Å²) < 4.78 is 0. The van der Waals surface area contributed by atoms with Crippen LogP contribution in [0.1, 0.15) is 29.6 Å². The predicted molar refractivity (Wildman–Crippen MR) is 107 cm³/mol. The number of hydrogen-bond acceptors (Lipinski definition) is 5. The second-order valence-corrected chi connectivity index (χ2v) is 7.25. The van der Waals surface area contributed by atoms with Crippen LogP contribution in [0.25, 0.3) is 0 Å². The molecule has 1 aromatic heterocycles. The Balaban J connectivity index is 1.39. The van der Waals surface area contributed by atoms with Gasteiger partial charge in [0.05, 0.1) is 0 Å². The minimum atomic E-state index is 0.0843. The summed E-state index contributed by atoms with van der Waals surface area (Å²) in [6, 6.07) is 11.0. The summed E-state index contributed by atoms with van der Waals surface area (Å²) in [5.41, 5.74) is 1.81. The van der Waals surface area contributed by atoms with E-state index in [1.807, 2.05) is 29.2 Å². The number of anilines is 2. The van der Waals surface area contributed by atoms with Gasteiger partial charge in [-0.1, -0.05) is 0 Å². The van der Waals surface area contributed by atoms with E-state index in [9.17, 15) is 9.90 Å². The van der Waals surface area contributed by atoms with Crippen LogP contribution in [0.2, 0.25) is 0 Å². The molecule has 1 amide bonds. The van der Waals surface area contributed by atoms with Crippen LogP contribution < -0.4 is 9.80 Å². The van der Waals surface area contributed by atoms with Gasteiger partial charge in [0.25, 0.3) is 5.91 Å². The van der Waals surface area contributed by atoms with E-state index >= 15 is 0 Å². The molecule has 0 radical (unpaired) electrons. The molecule has 142 valence electrons. The van der Waals surface area contributed by atoms with Gasteiger partial charge in [-0.15, -0.1) is 0 Å². The summed E-state index contributed by atoms with van der Waals surface area (Å²) >= 11 is 0. The van der Waals surface area contributed by atoms with Crippen molar-refractivity contribution in [2.75, 3.05) is 49.1 Å².